The van der Waals surface area contributed by atoms with Gasteiger partial charge in [-0.2, -0.15) is 13.2 Å². The zero-order chi connectivity index (χ0) is 28.2. The summed E-state index contributed by atoms with van der Waals surface area (Å²) in [6.07, 6.45) is 7.24. The summed E-state index contributed by atoms with van der Waals surface area (Å²) in [4.78, 5) is 12.5. The van der Waals surface area contributed by atoms with Crippen LogP contribution in [0, 0.1) is 35.2 Å². The highest BCUT2D eigenvalue weighted by Gasteiger charge is 2.31. The first-order valence-corrected chi connectivity index (χ1v) is 13.8. The molecule has 2 fully saturated rings. The van der Waals surface area contributed by atoms with Crippen molar-refractivity contribution in [1.29, 1.82) is 0 Å². The standard InChI is InChI=1S/C31H34F6O2/c1-2-3-19-4-6-20(7-5-19)21-8-10-22(11-9-21)23-12-13-26(27(32)16-23)30(38)39-24-17-28(33)25(29(34)18-24)14-15-31(35,36)37/h12-22H,2-11H2,1H3. The topological polar surface area (TPSA) is 26.3 Å². The fraction of sp³-hybridized carbons (Fsp3) is 0.516. The number of carbonyl (C=O) groups is 1. The molecule has 0 aliphatic heterocycles. The Bertz CT molecular complexity index is 1150. The third-order valence-corrected chi connectivity index (χ3v) is 8.41. The van der Waals surface area contributed by atoms with E-state index in [1.54, 1.807) is 6.07 Å². The Morgan fingerprint density at radius 2 is 1.46 bits per heavy atom. The van der Waals surface area contributed by atoms with E-state index in [0.29, 0.717) is 12.1 Å². The molecule has 212 valence electrons. The second kappa shape index (κ2) is 12.6. The van der Waals surface area contributed by atoms with Crippen molar-refractivity contribution in [3.05, 3.63) is 70.5 Å². The number of rotatable bonds is 7. The molecule has 2 aliphatic rings. The van der Waals surface area contributed by atoms with Gasteiger partial charge in [0.15, 0.2) is 0 Å². The fourth-order valence-corrected chi connectivity index (χ4v) is 6.35. The van der Waals surface area contributed by atoms with Gasteiger partial charge in [0.25, 0.3) is 0 Å². The van der Waals surface area contributed by atoms with Crippen LogP contribution < -0.4 is 4.74 Å². The van der Waals surface area contributed by atoms with Gasteiger partial charge in [0, 0.05) is 23.8 Å². The maximum Gasteiger partial charge on any atom is 0.409 e. The largest absolute Gasteiger partial charge is 0.423 e. The van der Waals surface area contributed by atoms with Gasteiger partial charge in [-0.15, -0.1) is 0 Å². The van der Waals surface area contributed by atoms with Crippen molar-refractivity contribution in [1.82, 2.24) is 0 Å². The summed E-state index contributed by atoms with van der Waals surface area (Å²) in [5, 5.41) is 0. The van der Waals surface area contributed by atoms with Crippen molar-refractivity contribution in [3.63, 3.8) is 0 Å². The van der Waals surface area contributed by atoms with Crippen LogP contribution in [0.4, 0.5) is 26.3 Å². The molecule has 0 N–H and O–H groups in total. The molecule has 0 bridgehead atoms. The minimum atomic E-state index is -4.75. The van der Waals surface area contributed by atoms with Gasteiger partial charge in [-0.25, -0.2) is 18.0 Å². The van der Waals surface area contributed by atoms with E-state index >= 15 is 0 Å². The molecule has 2 saturated carbocycles. The van der Waals surface area contributed by atoms with E-state index in [0.717, 1.165) is 49.0 Å². The summed E-state index contributed by atoms with van der Waals surface area (Å²) in [6.45, 7) is 2.25. The molecule has 2 aromatic carbocycles. The first-order valence-electron chi connectivity index (χ1n) is 13.8. The van der Waals surface area contributed by atoms with Gasteiger partial charge in [-0.1, -0.05) is 38.7 Å². The van der Waals surface area contributed by atoms with Crippen LogP contribution in [0.2, 0.25) is 0 Å². The van der Waals surface area contributed by atoms with E-state index < -0.39 is 46.5 Å². The van der Waals surface area contributed by atoms with E-state index in [1.165, 1.54) is 50.7 Å². The number of benzene rings is 2. The van der Waals surface area contributed by atoms with Gasteiger partial charge < -0.3 is 4.74 Å². The van der Waals surface area contributed by atoms with Gasteiger partial charge in [-0.3, -0.25) is 0 Å². The normalized spacial score (nSPS) is 24.2. The summed E-state index contributed by atoms with van der Waals surface area (Å²) in [7, 11) is 0. The minimum Gasteiger partial charge on any atom is -0.423 e. The highest BCUT2D eigenvalue weighted by atomic mass is 19.4. The zero-order valence-corrected chi connectivity index (χ0v) is 22.0. The summed E-state index contributed by atoms with van der Waals surface area (Å²) in [5.41, 5.74) is -0.508. The summed E-state index contributed by atoms with van der Waals surface area (Å²) < 4.78 is 85.1. The van der Waals surface area contributed by atoms with E-state index in [4.69, 9.17) is 4.74 Å². The molecule has 4 rings (SSSR count). The predicted molar refractivity (Wildman–Crippen MR) is 138 cm³/mol. The molecular formula is C31H34F6O2. The van der Waals surface area contributed by atoms with Gasteiger partial charge in [0.1, 0.15) is 23.2 Å². The van der Waals surface area contributed by atoms with Gasteiger partial charge >= 0.3 is 12.1 Å². The molecular weight excluding hydrogens is 518 g/mol. The Hall–Kier alpha value is -2.77. The summed E-state index contributed by atoms with van der Waals surface area (Å²) in [5.74, 6) is -2.62. The molecule has 0 aromatic heterocycles. The Morgan fingerprint density at radius 3 is 2.00 bits per heavy atom. The molecule has 0 atom stereocenters. The zero-order valence-electron chi connectivity index (χ0n) is 22.0. The Balaban J connectivity index is 1.34. The number of hydrogen-bond acceptors (Lipinski definition) is 2. The molecule has 39 heavy (non-hydrogen) atoms. The van der Waals surface area contributed by atoms with Crippen LogP contribution in [-0.4, -0.2) is 12.1 Å². The first kappa shape index (κ1) is 29.2. The lowest BCUT2D eigenvalue weighted by Crippen LogP contribution is -2.25. The first-order chi connectivity index (χ1) is 18.5. The second-order valence-corrected chi connectivity index (χ2v) is 11.0. The van der Waals surface area contributed by atoms with Crippen molar-refractivity contribution in [3.8, 4) is 5.75 Å². The van der Waals surface area contributed by atoms with E-state index in [9.17, 15) is 31.1 Å². The van der Waals surface area contributed by atoms with Crippen molar-refractivity contribution >= 4 is 12.0 Å². The van der Waals surface area contributed by atoms with E-state index in [2.05, 4.69) is 6.92 Å². The quantitative estimate of drug-likeness (QED) is 0.194. The average molecular weight is 553 g/mol. The highest BCUT2D eigenvalue weighted by molar-refractivity contribution is 5.91. The molecule has 8 heteroatoms. The maximum atomic E-state index is 14.9. The van der Waals surface area contributed by atoms with Gasteiger partial charge in [0.05, 0.1) is 5.56 Å². The van der Waals surface area contributed by atoms with Crippen LogP contribution in [0.1, 0.15) is 98.5 Å². The monoisotopic (exact) mass is 552 g/mol. The molecule has 0 unspecified atom stereocenters. The number of esters is 1. The number of hydrogen-bond donors (Lipinski definition) is 0. The maximum absolute atomic E-state index is 14.9. The fourth-order valence-electron chi connectivity index (χ4n) is 6.35. The number of allylic oxidation sites excluding steroid dienone is 1. The van der Waals surface area contributed by atoms with Crippen LogP contribution in [-0.2, 0) is 0 Å². The van der Waals surface area contributed by atoms with Crippen molar-refractivity contribution in [2.75, 3.05) is 0 Å². The molecule has 0 amide bonds. The third kappa shape index (κ3) is 7.67. The van der Waals surface area contributed by atoms with Crippen LogP contribution in [0.3, 0.4) is 0 Å². The number of halogens is 6. The molecule has 0 saturated heterocycles. The van der Waals surface area contributed by atoms with Crippen molar-refractivity contribution in [2.24, 2.45) is 17.8 Å². The molecule has 2 nitrogen and oxygen atoms in total. The summed E-state index contributed by atoms with van der Waals surface area (Å²) in [6, 6.07) is 5.48. The highest BCUT2D eigenvalue weighted by Crippen LogP contribution is 2.44. The number of carbonyl (C=O) groups excluding carboxylic acids is 1. The lowest BCUT2D eigenvalue weighted by Gasteiger charge is -2.38. The van der Waals surface area contributed by atoms with Crippen molar-refractivity contribution in [2.45, 2.75) is 83.2 Å². The minimum absolute atomic E-state index is 0.206. The van der Waals surface area contributed by atoms with E-state index in [-0.39, 0.29) is 18.1 Å². The predicted octanol–water partition coefficient (Wildman–Crippen LogP) is 9.78. The molecule has 0 heterocycles. The molecule has 0 spiro atoms. The number of alkyl halides is 3. The number of ether oxygens (including phenoxy) is 1. The Labute approximate surface area is 225 Å². The van der Waals surface area contributed by atoms with Crippen LogP contribution in [0.5, 0.6) is 5.75 Å². The van der Waals surface area contributed by atoms with Gasteiger partial charge in [0.2, 0.25) is 0 Å². The molecule has 2 aliphatic carbocycles. The van der Waals surface area contributed by atoms with Crippen LogP contribution >= 0.6 is 0 Å². The van der Waals surface area contributed by atoms with Crippen molar-refractivity contribution < 1.29 is 35.9 Å². The van der Waals surface area contributed by atoms with Crippen LogP contribution in [0.15, 0.2) is 36.4 Å². The summed E-state index contributed by atoms with van der Waals surface area (Å²) >= 11 is 0. The lowest BCUT2D eigenvalue weighted by atomic mass is 9.68. The Kier molecular flexibility index (Phi) is 9.44. The second-order valence-electron chi connectivity index (χ2n) is 11.0. The SMILES string of the molecule is CCCC1CCC(C2CCC(c3ccc(C(=O)Oc4cc(F)c(C=CC(F)(F)F)c(F)c4)c(F)c3)CC2)CC1. The average Bonchev–Trinajstić information content (AvgIpc) is 2.88. The lowest BCUT2D eigenvalue weighted by molar-refractivity contribution is -0.0790. The Morgan fingerprint density at radius 1 is 0.872 bits per heavy atom. The smallest absolute Gasteiger partial charge is 0.409 e. The third-order valence-electron chi connectivity index (χ3n) is 8.41. The van der Waals surface area contributed by atoms with Gasteiger partial charge in [-0.05, 0) is 86.0 Å². The van der Waals surface area contributed by atoms with E-state index in [1.807, 2.05) is 0 Å². The van der Waals surface area contributed by atoms with Crippen LogP contribution in [0.25, 0.3) is 6.08 Å². The molecule has 2 aromatic rings. The molecule has 0 radical (unpaired) electrons.